The predicted octanol–water partition coefficient (Wildman–Crippen LogP) is 2.05. The summed E-state index contributed by atoms with van der Waals surface area (Å²) in [7, 11) is 0. The van der Waals surface area contributed by atoms with Gasteiger partial charge in [0, 0.05) is 11.1 Å². The van der Waals surface area contributed by atoms with Crippen molar-refractivity contribution in [3.05, 3.63) is 24.3 Å². The molecule has 0 aliphatic carbocycles. The number of amides is 3. The van der Waals surface area contributed by atoms with E-state index in [1.165, 1.54) is 13.8 Å². The van der Waals surface area contributed by atoms with Gasteiger partial charge < -0.3 is 9.84 Å². The standard InChI is InChI=1S/C7H9F2NO3.C5H5NO2.C2H3F3O/c1-4(2)6(11)10-7(12)13-3-5(8)9;1-4(2)5(8)6-3-7;3-2(4,5)1-6/h5H,1,3H2,2H3,(H,10,11,12);1H2,2H3;6H,1H2. The lowest BCUT2D eigenvalue weighted by Crippen LogP contribution is -2.32. The lowest BCUT2D eigenvalue weighted by molar-refractivity contribution is -0.159. The van der Waals surface area contributed by atoms with E-state index >= 15 is 0 Å². The highest BCUT2D eigenvalue weighted by molar-refractivity contribution is 6.01. The van der Waals surface area contributed by atoms with Gasteiger partial charge in [0.2, 0.25) is 6.08 Å². The number of aliphatic hydroxyl groups excluding tert-OH is 1. The number of nitrogens with one attached hydrogen (secondary N) is 1. The number of aliphatic imine (C=N–C) groups is 1. The summed E-state index contributed by atoms with van der Waals surface area (Å²) in [6, 6.07) is 0. The van der Waals surface area contributed by atoms with Crippen LogP contribution in [0.15, 0.2) is 29.3 Å². The van der Waals surface area contributed by atoms with Gasteiger partial charge in [-0.3, -0.25) is 14.9 Å². The van der Waals surface area contributed by atoms with Gasteiger partial charge in [-0.1, -0.05) is 13.2 Å². The van der Waals surface area contributed by atoms with Crippen LogP contribution in [-0.2, 0) is 19.1 Å². The molecule has 0 saturated carbocycles. The number of carbonyl (C=O) groups excluding carboxylic acids is 4. The Kier molecular flexibility index (Phi) is 16.4. The second kappa shape index (κ2) is 15.3. The number of hydrogen-bond donors (Lipinski definition) is 2. The Balaban J connectivity index is -0.000000351. The molecule has 0 aromatic rings. The number of alkyl halides is 5. The van der Waals surface area contributed by atoms with Crippen LogP contribution in [0, 0.1) is 0 Å². The lowest BCUT2D eigenvalue weighted by Gasteiger charge is -2.04. The highest BCUT2D eigenvalue weighted by atomic mass is 19.4. The van der Waals surface area contributed by atoms with Gasteiger partial charge in [-0.05, 0) is 13.8 Å². The van der Waals surface area contributed by atoms with Crippen LogP contribution >= 0.6 is 0 Å². The predicted molar refractivity (Wildman–Crippen MR) is 81.4 cm³/mol. The molecule has 154 valence electrons. The molecule has 27 heavy (non-hydrogen) atoms. The third kappa shape index (κ3) is 25.4. The van der Waals surface area contributed by atoms with Crippen LogP contribution in [0.2, 0.25) is 0 Å². The highest BCUT2D eigenvalue weighted by Crippen LogP contribution is 2.11. The summed E-state index contributed by atoms with van der Waals surface area (Å²) >= 11 is 0. The minimum absolute atomic E-state index is 0.0917. The summed E-state index contributed by atoms with van der Waals surface area (Å²) in [4.78, 5) is 43.6. The fourth-order valence-corrected chi connectivity index (χ4v) is 0.511. The Morgan fingerprint density at radius 1 is 1.19 bits per heavy atom. The molecule has 0 heterocycles. The second-order valence-electron chi connectivity index (χ2n) is 4.29. The summed E-state index contributed by atoms with van der Waals surface area (Å²) in [5.74, 6) is -1.36. The van der Waals surface area contributed by atoms with Crippen LogP contribution in [0.1, 0.15) is 13.8 Å². The number of aliphatic hydroxyl groups is 1. The summed E-state index contributed by atoms with van der Waals surface area (Å²) < 4.78 is 58.5. The summed E-state index contributed by atoms with van der Waals surface area (Å²) in [5, 5.41) is 8.98. The molecule has 0 radical (unpaired) electrons. The summed E-state index contributed by atoms with van der Waals surface area (Å²) in [5.41, 5.74) is 0.336. The van der Waals surface area contributed by atoms with Gasteiger partial charge in [0.05, 0.1) is 0 Å². The summed E-state index contributed by atoms with van der Waals surface area (Å²) in [6.45, 7) is 6.57. The van der Waals surface area contributed by atoms with Crippen molar-refractivity contribution in [2.75, 3.05) is 13.2 Å². The molecule has 2 N–H and O–H groups in total. The summed E-state index contributed by atoms with van der Waals surface area (Å²) in [6.07, 6.45) is -7.23. The average molecular weight is 404 g/mol. The van der Waals surface area contributed by atoms with E-state index in [1.807, 2.05) is 0 Å². The molecule has 0 aliphatic heterocycles. The third-order valence-electron chi connectivity index (χ3n) is 1.64. The smallest absolute Gasteiger partial charge is 0.414 e. The first-order valence-electron chi connectivity index (χ1n) is 6.55. The molecule has 8 nitrogen and oxygen atoms in total. The van der Waals surface area contributed by atoms with Crippen LogP contribution in [0.3, 0.4) is 0 Å². The largest absolute Gasteiger partial charge is 0.443 e. The molecular weight excluding hydrogens is 387 g/mol. The Labute approximate surface area is 150 Å². The number of ether oxygens (including phenoxy) is 1. The third-order valence-corrected chi connectivity index (χ3v) is 1.64. The molecule has 0 fully saturated rings. The van der Waals surface area contributed by atoms with E-state index in [2.05, 4.69) is 22.9 Å². The topological polar surface area (TPSA) is 122 Å². The number of carbonyl (C=O) groups is 3. The number of imide groups is 1. The molecule has 3 amide bonds. The van der Waals surface area contributed by atoms with Crippen LogP contribution in [-0.4, -0.2) is 54.9 Å². The van der Waals surface area contributed by atoms with Crippen molar-refractivity contribution in [1.29, 1.82) is 0 Å². The van der Waals surface area contributed by atoms with Crippen LogP contribution in [0.5, 0.6) is 0 Å². The molecule has 13 heteroatoms. The maximum atomic E-state index is 11.5. The van der Waals surface area contributed by atoms with Gasteiger partial charge in [-0.25, -0.2) is 18.4 Å². The number of alkyl carbamates (subject to hydrolysis) is 1. The molecule has 0 rings (SSSR count). The van der Waals surface area contributed by atoms with E-state index in [9.17, 15) is 41.1 Å². The Morgan fingerprint density at radius 3 is 1.85 bits per heavy atom. The minimum Gasteiger partial charge on any atom is -0.443 e. The molecule has 0 aromatic carbocycles. The fourth-order valence-electron chi connectivity index (χ4n) is 0.511. The SMILES string of the molecule is C=C(C)C(=O)N=C=O.C=C(C)C(=O)NC(=O)OCC(F)F.OCC(F)(F)F. The fraction of sp³-hybridized carbons (Fsp3) is 0.429. The highest BCUT2D eigenvalue weighted by Gasteiger charge is 2.24. The van der Waals surface area contributed by atoms with Crippen molar-refractivity contribution >= 4 is 24.0 Å². The number of isocyanates is 1. The van der Waals surface area contributed by atoms with Crippen molar-refractivity contribution in [1.82, 2.24) is 5.32 Å². The first kappa shape index (κ1) is 28.9. The quantitative estimate of drug-likeness (QED) is 0.320. The Morgan fingerprint density at radius 2 is 1.63 bits per heavy atom. The first-order chi connectivity index (χ1) is 12.2. The lowest BCUT2D eigenvalue weighted by atomic mass is 10.3. The molecule has 0 aromatic heterocycles. The van der Waals surface area contributed by atoms with Crippen molar-refractivity contribution < 1.29 is 51.0 Å². The second-order valence-corrected chi connectivity index (χ2v) is 4.29. The Bertz CT molecular complexity index is 579. The van der Waals surface area contributed by atoms with Crippen molar-refractivity contribution in [3.8, 4) is 0 Å². The Hall–Kier alpha value is -2.92. The van der Waals surface area contributed by atoms with Crippen LogP contribution < -0.4 is 5.32 Å². The molecule has 0 spiro atoms. The number of nitrogens with zero attached hydrogens (tertiary/aromatic N) is 1. The molecule has 0 atom stereocenters. The van der Waals surface area contributed by atoms with Crippen molar-refractivity contribution in [3.63, 3.8) is 0 Å². The molecule has 0 aliphatic rings. The molecule has 0 bridgehead atoms. The average Bonchev–Trinajstić information content (AvgIpc) is 2.53. The normalized spacial score (nSPS) is 9.37. The van der Waals surface area contributed by atoms with Gasteiger partial charge in [0.15, 0.2) is 6.61 Å². The molecule has 0 saturated heterocycles. The van der Waals surface area contributed by atoms with Crippen LogP contribution in [0.4, 0.5) is 26.7 Å². The van der Waals surface area contributed by atoms with E-state index < -0.39 is 43.7 Å². The minimum atomic E-state index is -4.40. The van der Waals surface area contributed by atoms with E-state index in [1.54, 1.807) is 5.32 Å². The zero-order chi connectivity index (χ0) is 22.2. The van der Waals surface area contributed by atoms with E-state index in [0.717, 1.165) is 6.08 Å². The van der Waals surface area contributed by atoms with Gasteiger partial charge >= 0.3 is 12.3 Å². The number of hydrogen-bond acceptors (Lipinski definition) is 6. The van der Waals surface area contributed by atoms with Crippen molar-refractivity contribution in [2.45, 2.75) is 26.4 Å². The van der Waals surface area contributed by atoms with Crippen molar-refractivity contribution in [2.24, 2.45) is 4.99 Å². The van der Waals surface area contributed by atoms with E-state index in [4.69, 9.17) is 5.11 Å². The van der Waals surface area contributed by atoms with Gasteiger partial charge in [-0.15, -0.1) is 4.99 Å². The van der Waals surface area contributed by atoms with Gasteiger partial charge in [0.1, 0.15) is 6.61 Å². The maximum Gasteiger partial charge on any atom is 0.414 e. The number of rotatable bonds is 4. The monoisotopic (exact) mass is 404 g/mol. The van der Waals surface area contributed by atoms with Gasteiger partial charge in [-0.2, -0.15) is 13.2 Å². The maximum absolute atomic E-state index is 11.5. The van der Waals surface area contributed by atoms with E-state index in [0.29, 0.717) is 0 Å². The van der Waals surface area contributed by atoms with Gasteiger partial charge in [0.25, 0.3) is 18.2 Å². The zero-order valence-corrected chi connectivity index (χ0v) is 14.2. The molecule has 0 unspecified atom stereocenters. The first-order valence-corrected chi connectivity index (χ1v) is 6.55. The zero-order valence-electron chi connectivity index (χ0n) is 14.2. The van der Waals surface area contributed by atoms with E-state index in [-0.39, 0.29) is 11.1 Å². The molecular formula is C14H17F5N2O6. The number of halogens is 5. The van der Waals surface area contributed by atoms with Crippen LogP contribution in [0.25, 0.3) is 0 Å².